The first-order valence-electron chi connectivity index (χ1n) is 22.7. The molecule has 0 aliphatic rings. The monoisotopic (exact) mass is 1090 g/mol. The van der Waals surface area contributed by atoms with Gasteiger partial charge in [0.15, 0.2) is 23.3 Å². The first-order valence-corrected chi connectivity index (χ1v) is 22.7. The van der Waals surface area contributed by atoms with Crippen LogP contribution in [-0.2, 0) is 20.4 Å². The fourth-order valence-corrected chi connectivity index (χ4v) is 9.00. The number of rotatable bonds is 17. The Bertz CT molecular complexity index is 2900. The summed E-state index contributed by atoms with van der Waals surface area (Å²) in [4.78, 5) is 27.1. The Morgan fingerprint density at radius 3 is 1.25 bits per heavy atom. The zero-order valence-electron chi connectivity index (χ0n) is 39.7. The molecule has 0 bridgehead atoms. The Labute approximate surface area is 422 Å². The SMILES string of the molecule is CCC(CC(CC(C)C(=O)Oc1ccc(C(c2ccc(OC(C)c3ccccc3)cc2)(C(F)(F)F)C(F)(F)F)cc1)c1c(F)c(F)cc(F)c1F)C(=O)Oc1ccc(C(c2ccc(O)cc2)(C(F)(F)F)C(F)(F)F)cc1. The summed E-state index contributed by atoms with van der Waals surface area (Å²) in [5.74, 6) is -17.4. The second-order valence-corrected chi connectivity index (χ2v) is 17.7. The number of carbonyl (C=O) groups is 2. The number of carbonyl (C=O) groups excluding carboxylic acids is 2. The number of alkyl halides is 12. The molecule has 0 amide bonds. The lowest BCUT2D eigenvalue weighted by Gasteiger charge is -2.38. The zero-order valence-corrected chi connectivity index (χ0v) is 39.7. The molecule has 0 aliphatic carbocycles. The van der Waals surface area contributed by atoms with Crippen molar-refractivity contribution in [3.05, 3.63) is 190 Å². The van der Waals surface area contributed by atoms with E-state index in [0.717, 1.165) is 19.1 Å². The molecule has 0 saturated heterocycles. The van der Waals surface area contributed by atoms with Gasteiger partial charge in [-0.3, -0.25) is 9.59 Å². The summed E-state index contributed by atoms with van der Waals surface area (Å²) in [6, 6.07) is 17.4. The molecule has 1 N–H and O–H groups in total. The Morgan fingerprint density at radius 2 is 0.868 bits per heavy atom. The third-order valence-corrected chi connectivity index (χ3v) is 12.9. The number of phenolic OH excluding ortho intramolecular Hbond substituents is 1. The second kappa shape index (κ2) is 22.1. The molecule has 4 unspecified atom stereocenters. The lowest BCUT2D eigenvalue weighted by Crippen LogP contribution is -2.54. The summed E-state index contributed by atoms with van der Waals surface area (Å²) in [6.45, 7) is 3.98. The van der Waals surface area contributed by atoms with Gasteiger partial charge in [-0.2, -0.15) is 52.7 Å². The number of hydrogen-bond donors (Lipinski definition) is 1. The van der Waals surface area contributed by atoms with Gasteiger partial charge in [0.25, 0.3) is 0 Å². The van der Waals surface area contributed by atoms with Crippen LogP contribution in [0.1, 0.15) is 85.4 Å². The molecule has 4 atom stereocenters. The van der Waals surface area contributed by atoms with E-state index in [9.17, 15) is 76.2 Å². The van der Waals surface area contributed by atoms with Crippen molar-refractivity contribution in [2.75, 3.05) is 0 Å². The minimum absolute atomic E-state index is 0.0541. The molecule has 0 heterocycles. The van der Waals surface area contributed by atoms with E-state index in [-0.39, 0.29) is 18.2 Å². The van der Waals surface area contributed by atoms with Crippen molar-refractivity contribution in [1.29, 1.82) is 0 Å². The molecule has 0 fully saturated rings. The Morgan fingerprint density at radius 1 is 0.500 bits per heavy atom. The topological polar surface area (TPSA) is 82.1 Å². The van der Waals surface area contributed by atoms with Crippen LogP contribution in [0.15, 0.2) is 133 Å². The summed E-state index contributed by atoms with van der Waals surface area (Å²) >= 11 is 0. The number of hydrogen-bond acceptors (Lipinski definition) is 6. The summed E-state index contributed by atoms with van der Waals surface area (Å²) in [7, 11) is 0. The van der Waals surface area contributed by atoms with Crippen molar-refractivity contribution in [2.45, 2.75) is 87.6 Å². The van der Waals surface area contributed by atoms with Crippen LogP contribution in [0, 0.1) is 35.1 Å². The highest BCUT2D eigenvalue weighted by Gasteiger charge is 2.73. The van der Waals surface area contributed by atoms with Gasteiger partial charge in [0.05, 0.1) is 11.8 Å². The summed E-state index contributed by atoms with van der Waals surface area (Å²) in [5, 5.41) is 9.55. The quantitative estimate of drug-likeness (QED) is 0.0424. The molecule has 6 rings (SSSR count). The molecular weight excluding hydrogens is 1050 g/mol. The maximum atomic E-state index is 15.4. The van der Waals surface area contributed by atoms with Crippen LogP contribution in [0.2, 0.25) is 0 Å². The lowest BCUT2D eigenvalue weighted by molar-refractivity contribution is -0.290. The van der Waals surface area contributed by atoms with Gasteiger partial charge in [0, 0.05) is 11.6 Å². The minimum atomic E-state index is -6.04. The third-order valence-electron chi connectivity index (χ3n) is 12.9. The van der Waals surface area contributed by atoms with Crippen molar-refractivity contribution in [2.24, 2.45) is 11.8 Å². The van der Waals surface area contributed by atoms with Crippen molar-refractivity contribution < 1.29 is 99.2 Å². The molecule has 0 saturated carbocycles. The average molecular weight is 1090 g/mol. The van der Waals surface area contributed by atoms with Crippen LogP contribution in [0.5, 0.6) is 23.0 Å². The molecule has 76 heavy (non-hydrogen) atoms. The van der Waals surface area contributed by atoms with Gasteiger partial charge in [0.1, 0.15) is 29.1 Å². The summed E-state index contributed by atoms with van der Waals surface area (Å²) in [6.07, 6.45) is -26.7. The number of benzene rings is 6. The predicted octanol–water partition coefficient (Wildman–Crippen LogP) is 15.6. The number of aromatic hydroxyl groups is 1. The third kappa shape index (κ3) is 11.4. The van der Waals surface area contributed by atoms with E-state index in [4.69, 9.17) is 14.2 Å². The van der Waals surface area contributed by atoms with Gasteiger partial charge in [-0.15, -0.1) is 0 Å². The maximum Gasteiger partial charge on any atom is 0.411 e. The maximum absolute atomic E-state index is 15.4. The molecule has 0 spiro atoms. The van der Waals surface area contributed by atoms with E-state index in [1.54, 1.807) is 37.3 Å². The van der Waals surface area contributed by atoms with Gasteiger partial charge in [0.2, 0.25) is 10.8 Å². The van der Waals surface area contributed by atoms with E-state index < -0.39 is 153 Å². The largest absolute Gasteiger partial charge is 0.508 e. The molecule has 6 aromatic rings. The minimum Gasteiger partial charge on any atom is -0.508 e. The van der Waals surface area contributed by atoms with Crippen molar-refractivity contribution in [1.82, 2.24) is 0 Å². The van der Waals surface area contributed by atoms with E-state index in [0.29, 0.717) is 90.5 Å². The first-order chi connectivity index (χ1) is 35.4. The van der Waals surface area contributed by atoms with Gasteiger partial charge >= 0.3 is 36.6 Å². The number of esters is 2. The van der Waals surface area contributed by atoms with Crippen LogP contribution in [0.3, 0.4) is 0 Å². The van der Waals surface area contributed by atoms with Crippen molar-refractivity contribution in [3.63, 3.8) is 0 Å². The van der Waals surface area contributed by atoms with Crippen LogP contribution in [-0.4, -0.2) is 41.8 Å². The van der Waals surface area contributed by atoms with Crippen molar-refractivity contribution >= 4 is 11.9 Å². The van der Waals surface area contributed by atoms with E-state index in [1.165, 1.54) is 6.92 Å². The fraction of sp³-hybridized carbons (Fsp3) is 0.296. The van der Waals surface area contributed by atoms with Crippen LogP contribution in [0.4, 0.5) is 70.2 Å². The van der Waals surface area contributed by atoms with E-state index in [1.807, 2.05) is 0 Å². The summed E-state index contributed by atoms with van der Waals surface area (Å²) in [5.41, 5.74) is -15.3. The van der Waals surface area contributed by atoms with Gasteiger partial charge in [-0.1, -0.05) is 92.7 Å². The van der Waals surface area contributed by atoms with Crippen LogP contribution < -0.4 is 14.2 Å². The standard InChI is InChI=1S/C54H42F16O6/c1-4-31(48(73)76-41-24-16-36(17-25-41)49(51(59,60)61,52(62,63)64)34-10-18-38(71)19-11-34)27-33(44-45(57)42(55)28-43(56)46(44)58)26-29(2)47(72)75-40-22-14-37(15-23-40)50(53(65,66)67,54(68,69)70)35-12-20-39(21-13-35)74-30(3)32-8-6-5-7-9-32/h5-25,28-31,33,71H,4,26-27H2,1-3H3. The highest BCUT2D eigenvalue weighted by Crippen LogP contribution is 2.58. The van der Waals surface area contributed by atoms with E-state index in [2.05, 4.69) is 0 Å². The van der Waals surface area contributed by atoms with E-state index >= 15 is 8.78 Å². The van der Waals surface area contributed by atoms with Crippen LogP contribution in [0.25, 0.3) is 0 Å². The Kier molecular flexibility index (Phi) is 16.9. The smallest absolute Gasteiger partial charge is 0.411 e. The Hall–Kier alpha value is -7.26. The van der Waals surface area contributed by atoms with Gasteiger partial charge in [-0.25, -0.2) is 17.6 Å². The predicted molar refractivity (Wildman–Crippen MR) is 241 cm³/mol. The number of ether oxygens (including phenoxy) is 3. The second-order valence-electron chi connectivity index (χ2n) is 17.7. The molecule has 6 nitrogen and oxygen atoms in total. The van der Waals surface area contributed by atoms with Gasteiger partial charge < -0.3 is 19.3 Å². The molecular formula is C54H42F16O6. The molecule has 0 aromatic heterocycles. The zero-order chi connectivity index (χ0) is 56.3. The summed E-state index contributed by atoms with van der Waals surface area (Å²) < 4.78 is 254. The normalized spacial score (nSPS) is 14.4. The van der Waals surface area contributed by atoms with Crippen molar-refractivity contribution in [3.8, 4) is 23.0 Å². The average Bonchev–Trinajstić information content (AvgIpc) is 3.34. The molecule has 22 heteroatoms. The Balaban J connectivity index is 1.24. The lowest BCUT2D eigenvalue weighted by atomic mass is 9.73. The highest BCUT2D eigenvalue weighted by atomic mass is 19.4. The highest BCUT2D eigenvalue weighted by molar-refractivity contribution is 5.76. The molecule has 6 aromatic carbocycles. The fourth-order valence-electron chi connectivity index (χ4n) is 9.00. The number of phenols is 1. The molecule has 0 radical (unpaired) electrons. The number of halogens is 16. The molecule has 406 valence electrons. The van der Waals surface area contributed by atoms with Crippen LogP contribution >= 0.6 is 0 Å². The molecule has 0 aliphatic heterocycles. The first kappa shape index (κ1) is 58.0. The van der Waals surface area contributed by atoms with Gasteiger partial charge in [-0.05, 0) is 108 Å².